The van der Waals surface area contributed by atoms with Gasteiger partial charge in [0.2, 0.25) is 0 Å². The summed E-state index contributed by atoms with van der Waals surface area (Å²) in [6, 6.07) is 2.56. The van der Waals surface area contributed by atoms with Gasteiger partial charge in [0.25, 0.3) is 5.56 Å². The maximum absolute atomic E-state index is 12.1. The van der Waals surface area contributed by atoms with Crippen LogP contribution in [0.25, 0.3) is 11.1 Å². The van der Waals surface area contributed by atoms with Crippen LogP contribution in [0.4, 0.5) is 5.82 Å². The number of aromatic nitrogens is 1. The quantitative estimate of drug-likeness (QED) is 0.521. The fourth-order valence-corrected chi connectivity index (χ4v) is 2.75. The maximum Gasteiger partial charge on any atom is 0.342 e. The Bertz CT molecular complexity index is 998. The predicted molar refractivity (Wildman–Crippen MR) is 98.1 cm³/mol. The number of carboxylic acid groups (broad SMARTS) is 2. The summed E-state index contributed by atoms with van der Waals surface area (Å²) in [5.74, 6) is -3.39. The van der Waals surface area contributed by atoms with Crippen molar-refractivity contribution >= 4 is 29.4 Å². The normalized spacial score (nSPS) is 10.3. The van der Waals surface area contributed by atoms with Crippen LogP contribution in [-0.2, 0) is 0 Å². The molecule has 5 N–H and O–H groups in total. The van der Waals surface area contributed by atoms with E-state index < -0.39 is 40.0 Å². The van der Waals surface area contributed by atoms with Gasteiger partial charge < -0.3 is 30.4 Å². The molecule has 1 aromatic carbocycles. The number of rotatable bonds is 7. The van der Waals surface area contributed by atoms with Gasteiger partial charge in [-0.2, -0.15) is 0 Å². The first-order chi connectivity index (χ1) is 12.7. The molecule has 2 aromatic rings. The summed E-state index contributed by atoms with van der Waals surface area (Å²) in [6.07, 6.45) is 1.48. The molecule has 0 saturated carbocycles. The van der Waals surface area contributed by atoms with Crippen LogP contribution in [-0.4, -0.2) is 40.9 Å². The maximum atomic E-state index is 12.1. The molecular formula is C17H15ClN2O7. The van der Waals surface area contributed by atoms with Crippen LogP contribution < -0.4 is 20.8 Å². The van der Waals surface area contributed by atoms with Crippen LogP contribution in [0.1, 0.15) is 20.7 Å². The van der Waals surface area contributed by atoms with Crippen molar-refractivity contribution in [2.75, 3.05) is 19.5 Å². The zero-order valence-corrected chi connectivity index (χ0v) is 14.8. The molecule has 0 radical (unpaired) electrons. The number of methoxy groups -OCH3 is 1. The number of pyridine rings is 1. The minimum absolute atomic E-state index is 0.00963. The summed E-state index contributed by atoms with van der Waals surface area (Å²) in [4.78, 5) is 37.4. The van der Waals surface area contributed by atoms with Crippen molar-refractivity contribution in [3.8, 4) is 22.6 Å². The molecule has 27 heavy (non-hydrogen) atoms. The minimum atomic E-state index is -1.63. The van der Waals surface area contributed by atoms with Crippen molar-refractivity contribution in [2.24, 2.45) is 0 Å². The Morgan fingerprint density at radius 1 is 1.30 bits per heavy atom. The molecule has 0 amide bonds. The topological polar surface area (TPSA) is 152 Å². The van der Waals surface area contributed by atoms with E-state index in [1.165, 1.54) is 25.3 Å². The predicted octanol–water partition coefficient (Wildman–Crippen LogP) is 2.25. The van der Waals surface area contributed by atoms with Crippen molar-refractivity contribution in [3.63, 3.8) is 0 Å². The smallest absolute Gasteiger partial charge is 0.342 e. The number of hydrogen-bond acceptors (Lipinski definition) is 6. The van der Waals surface area contributed by atoms with Gasteiger partial charge in [-0.3, -0.25) is 4.79 Å². The third-order valence-corrected chi connectivity index (χ3v) is 3.82. The summed E-state index contributed by atoms with van der Waals surface area (Å²) in [6.45, 7) is 3.64. The summed E-state index contributed by atoms with van der Waals surface area (Å²) >= 11 is 6.19. The Balaban J connectivity index is 2.91. The van der Waals surface area contributed by atoms with Gasteiger partial charge in [0.1, 0.15) is 23.6 Å². The molecule has 142 valence electrons. The number of nitrogen functional groups attached to an aromatic ring is 1. The lowest BCUT2D eigenvalue weighted by atomic mass is 9.95. The molecule has 0 bridgehead atoms. The van der Waals surface area contributed by atoms with Crippen molar-refractivity contribution in [3.05, 3.63) is 51.3 Å². The first-order valence-corrected chi connectivity index (χ1v) is 7.74. The Morgan fingerprint density at radius 2 is 1.93 bits per heavy atom. The van der Waals surface area contributed by atoms with Gasteiger partial charge in [-0.15, -0.1) is 0 Å². The SMILES string of the molecule is C=CCOc1c(Cl)cc(-c2c(C(=O)O)c(N)[nH]c(=O)c2C(=O)O)cc1OC. The van der Waals surface area contributed by atoms with Gasteiger partial charge in [-0.05, 0) is 17.7 Å². The Labute approximate surface area is 157 Å². The molecule has 0 spiro atoms. The highest BCUT2D eigenvalue weighted by molar-refractivity contribution is 6.32. The summed E-state index contributed by atoms with van der Waals surface area (Å²) in [5.41, 5.74) is 2.79. The lowest BCUT2D eigenvalue weighted by Gasteiger charge is -2.16. The summed E-state index contributed by atoms with van der Waals surface area (Å²) in [7, 11) is 1.32. The van der Waals surface area contributed by atoms with E-state index in [0.717, 1.165) is 0 Å². The number of ether oxygens (including phenoxy) is 2. The fraction of sp³-hybridized carbons (Fsp3) is 0.118. The highest BCUT2D eigenvalue weighted by Gasteiger charge is 2.28. The molecule has 0 saturated heterocycles. The van der Waals surface area contributed by atoms with Crippen LogP contribution >= 0.6 is 11.6 Å². The lowest BCUT2D eigenvalue weighted by molar-refractivity contribution is 0.0695. The minimum Gasteiger partial charge on any atom is -0.493 e. The highest BCUT2D eigenvalue weighted by Crippen LogP contribution is 2.41. The van der Waals surface area contributed by atoms with E-state index in [0.29, 0.717) is 0 Å². The standard InChI is InChI=1S/C17H15ClN2O7/c1-3-4-27-13-8(18)5-7(6-9(13)26-2)10-11(16(22)23)14(19)20-15(21)12(10)17(24)25/h3,5-6H,1,4H2,2H3,(H,22,23)(H,24,25)(H3,19,20,21). The molecule has 0 fully saturated rings. The number of carbonyl (C=O) groups is 2. The second kappa shape index (κ2) is 7.83. The van der Waals surface area contributed by atoms with Crippen molar-refractivity contribution in [2.45, 2.75) is 0 Å². The molecular weight excluding hydrogens is 380 g/mol. The van der Waals surface area contributed by atoms with Crippen LogP contribution in [0.5, 0.6) is 11.5 Å². The van der Waals surface area contributed by atoms with Crippen LogP contribution in [0.2, 0.25) is 5.02 Å². The number of nitrogens with two attached hydrogens (primary N) is 1. The van der Waals surface area contributed by atoms with Gasteiger partial charge in [-0.25, -0.2) is 9.59 Å². The third kappa shape index (κ3) is 3.72. The fourth-order valence-electron chi connectivity index (χ4n) is 2.48. The van der Waals surface area contributed by atoms with E-state index in [9.17, 15) is 24.6 Å². The van der Waals surface area contributed by atoms with E-state index in [4.69, 9.17) is 26.8 Å². The first-order valence-electron chi connectivity index (χ1n) is 7.36. The number of carboxylic acids is 2. The number of aromatic amines is 1. The zero-order chi connectivity index (χ0) is 20.3. The van der Waals surface area contributed by atoms with Crippen molar-refractivity contribution < 1.29 is 29.3 Å². The van der Waals surface area contributed by atoms with E-state index in [1.54, 1.807) is 0 Å². The molecule has 2 rings (SSSR count). The highest BCUT2D eigenvalue weighted by atomic mass is 35.5. The number of aromatic carboxylic acids is 2. The monoisotopic (exact) mass is 394 g/mol. The average molecular weight is 395 g/mol. The van der Waals surface area contributed by atoms with Crippen molar-refractivity contribution in [1.29, 1.82) is 0 Å². The Kier molecular flexibility index (Phi) is 5.76. The molecule has 0 aliphatic rings. The molecule has 0 aliphatic heterocycles. The average Bonchev–Trinajstić information content (AvgIpc) is 2.58. The molecule has 1 aromatic heterocycles. The molecule has 1 heterocycles. The molecule has 0 atom stereocenters. The first kappa shape index (κ1) is 19.9. The number of halogens is 1. The molecule has 0 unspecified atom stereocenters. The summed E-state index contributed by atoms with van der Waals surface area (Å²) < 4.78 is 10.6. The second-order valence-corrected chi connectivity index (χ2v) is 5.60. The summed E-state index contributed by atoms with van der Waals surface area (Å²) in [5, 5.41) is 18.9. The third-order valence-electron chi connectivity index (χ3n) is 3.54. The zero-order valence-electron chi connectivity index (χ0n) is 14.0. The van der Waals surface area contributed by atoms with Gasteiger partial charge in [-0.1, -0.05) is 24.3 Å². The van der Waals surface area contributed by atoms with E-state index in [-0.39, 0.29) is 28.7 Å². The molecule has 10 heteroatoms. The van der Waals surface area contributed by atoms with Crippen LogP contribution in [0.3, 0.4) is 0 Å². The van der Waals surface area contributed by atoms with E-state index in [1.807, 2.05) is 4.98 Å². The van der Waals surface area contributed by atoms with Crippen molar-refractivity contribution in [1.82, 2.24) is 4.98 Å². The molecule has 0 aliphatic carbocycles. The number of benzene rings is 1. The largest absolute Gasteiger partial charge is 0.493 e. The Hall–Kier alpha value is -3.46. The van der Waals surface area contributed by atoms with Gasteiger partial charge >= 0.3 is 11.9 Å². The van der Waals surface area contributed by atoms with Crippen LogP contribution in [0.15, 0.2) is 29.6 Å². The van der Waals surface area contributed by atoms with Gasteiger partial charge in [0, 0.05) is 5.56 Å². The number of anilines is 1. The van der Waals surface area contributed by atoms with Gasteiger partial charge in [0.05, 0.1) is 12.1 Å². The van der Waals surface area contributed by atoms with Crippen LogP contribution in [0, 0.1) is 0 Å². The van der Waals surface area contributed by atoms with E-state index in [2.05, 4.69) is 6.58 Å². The molecule has 9 nitrogen and oxygen atoms in total. The van der Waals surface area contributed by atoms with Gasteiger partial charge in [0.15, 0.2) is 11.5 Å². The number of nitrogens with one attached hydrogen (secondary N) is 1. The number of H-pyrrole nitrogens is 1. The lowest BCUT2D eigenvalue weighted by Crippen LogP contribution is -2.24. The van der Waals surface area contributed by atoms with E-state index >= 15 is 0 Å². The Morgan fingerprint density at radius 3 is 2.44 bits per heavy atom. The number of hydrogen-bond donors (Lipinski definition) is 4. The second-order valence-electron chi connectivity index (χ2n) is 5.19.